The van der Waals surface area contributed by atoms with Crippen molar-refractivity contribution >= 4 is 23.2 Å². The first kappa shape index (κ1) is 19.5. The fraction of sp³-hybridized carbons (Fsp3) is 0.188. The van der Waals surface area contributed by atoms with Gasteiger partial charge in [-0.2, -0.15) is 13.2 Å². The van der Waals surface area contributed by atoms with Crippen LogP contribution in [0.4, 0.5) is 18.9 Å². The molecule has 26 heavy (non-hydrogen) atoms. The lowest BCUT2D eigenvalue weighted by Gasteiger charge is -2.12. The minimum absolute atomic E-state index is 0.0930. The number of amides is 1. The second kappa shape index (κ2) is 7.61. The SMILES string of the molecule is CCNC(=O)c1ccc([N+](=O)[O-])c(Oc2ccc(C(F)(F)F)cc2Cl)c1. The van der Waals surface area contributed by atoms with Gasteiger partial charge in [0.05, 0.1) is 15.5 Å². The molecule has 0 aliphatic heterocycles. The lowest BCUT2D eigenvalue weighted by atomic mass is 10.1. The minimum Gasteiger partial charge on any atom is -0.449 e. The van der Waals surface area contributed by atoms with E-state index in [4.69, 9.17) is 16.3 Å². The fourth-order valence-corrected chi connectivity index (χ4v) is 2.25. The van der Waals surface area contributed by atoms with E-state index in [0.29, 0.717) is 12.6 Å². The molecule has 2 aromatic carbocycles. The molecule has 1 N–H and O–H groups in total. The predicted molar refractivity (Wildman–Crippen MR) is 87.6 cm³/mol. The molecule has 10 heteroatoms. The Kier molecular flexibility index (Phi) is 5.71. The molecule has 2 aromatic rings. The molecule has 0 unspecified atom stereocenters. The summed E-state index contributed by atoms with van der Waals surface area (Å²) in [6.45, 7) is 2.04. The number of nitro groups is 1. The number of nitrogens with zero attached hydrogens (tertiary/aromatic N) is 1. The lowest BCUT2D eigenvalue weighted by molar-refractivity contribution is -0.385. The van der Waals surface area contributed by atoms with Crippen molar-refractivity contribution in [1.82, 2.24) is 5.32 Å². The number of nitro benzene ring substituents is 1. The average molecular weight is 389 g/mol. The molecule has 0 saturated carbocycles. The van der Waals surface area contributed by atoms with Gasteiger partial charge in [0.1, 0.15) is 5.75 Å². The Labute approximate surface area is 150 Å². The summed E-state index contributed by atoms with van der Waals surface area (Å²) in [5, 5.41) is 13.3. The van der Waals surface area contributed by atoms with Crippen molar-refractivity contribution in [3.05, 3.63) is 62.7 Å². The van der Waals surface area contributed by atoms with Crippen LogP contribution in [-0.2, 0) is 6.18 Å². The van der Waals surface area contributed by atoms with E-state index in [-0.39, 0.29) is 22.1 Å². The van der Waals surface area contributed by atoms with Gasteiger partial charge in [-0.3, -0.25) is 14.9 Å². The molecule has 0 aliphatic carbocycles. The third-order valence-electron chi connectivity index (χ3n) is 3.24. The Hall–Kier alpha value is -2.81. The van der Waals surface area contributed by atoms with Crippen molar-refractivity contribution in [2.45, 2.75) is 13.1 Å². The van der Waals surface area contributed by atoms with Gasteiger partial charge in [0.2, 0.25) is 5.75 Å². The summed E-state index contributed by atoms with van der Waals surface area (Å²) in [4.78, 5) is 22.3. The van der Waals surface area contributed by atoms with Gasteiger partial charge in [-0.05, 0) is 31.2 Å². The van der Waals surface area contributed by atoms with E-state index >= 15 is 0 Å². The first-order valence-corrected chi connectivity index (χ1v) is 7.62. The van der Waals surface area contributed by atoms with E-state index in [1.165, 1.54) is 6.07 Å². The fourth-order valence-electron chi connectivity index (χ4n) is 2.03. The third-order valence-corrected chi connectivity index (χ3v) is 3.53. The number of rotatable bonds is 5. The molecule has 138 valence electrons. The van der Waals surface area contributed by atoms with E-state index in [9.17, 15) is 28.1 Å². The summed E-state index contributed by atoms with van der Waals surface area (Å²) in [5.41, 5.74) is -1.36. The summed E-state index contributed by atoms with van der Waals surface area (Å²) in [6, 6.07) is 5.77. The molecule has 6 nitrogen and oxygen atoms in total. The van der Waals surface area contributed by atoms with Gasteiger partial charge in [-0.25, -0.2) is 0 Å². The molecule has 0 saturated heterocycles. The van der Waals surface area contributed by atoms with Crippen LogP contribution in [0.25, 0.3) is 0 Å². The van der Waals surface area contributed by atoms with Crippen molar-refractivity contribution in [3.8, 4) is 11.5 Å². The molecule has 0 radical (unpaired) electrons. The summed E-state index contributed by atoms with van der Waals surface area (Å²) >= 11 is 5.80. The molecular formula is C16H12ClF3N2O4. The van der Waals surface area contributed by atoms with Crippen LogP contribution in [0.3, 0.4) is 0 Å². The van der Waals surface area contributed by atoms with Crippen LogP contribution in [0, 0.1) is 10.1 Å². The second-order valence-electron chi connectivity index (χ2n) is 5.04. The van der Waals surface area contributed by atoms with Crippen LogP contribution in [0.2, 0.25) is 5.02 Å². The lowest BCUT2D eigenvalue weighted by Crippen LogP contribution is -2.22. The Morgan fingerprint density at radius 3 is 2.46 bits per heavy atom. The van der Waals surface area contributed by atoms with E-state index in [2.05, 4.69) is 5.32 Å². The largest absolute Gasteiger partial charge is 0.449 e. The van der Waals surface area contributed by atoms with Crippen molar-refractivity contribution in [2.75, 3.05) is 6.54 Å². The Balaban J connectivity index is 2.42. The van der Waals surface area contributed by atoms with Crippen molar-refractivity contribution in [3.63, 3.8) is 0 Å². The molecule has 0 atom stereocenters. The number of ether oxygens (including phenoxy) is 1. The minimum atomic E-state index is -4.59. The zero-order valence-electron chi connectivity index (χ0n) is 13.3. The van der Waals surface area contributed by atoms with Gasteiger partial charge < -0.3 is 10.1 Å². The Bertz CT molecular complexity index is 856. The molecule has 0 aliphatic rings. The maximum atomic E-state index is 12.7. The van der Waals surface area contributed by atoms with Crippen molar-refractivity contribution in [1.29, 1.82) is 0 Å². The van der Waals surface area contributed by atoms with Crippen LogP contribution in [-0.4, -0.2) is 17.4 Å². The average Bonchev–Trinajstić information content (AvgIpc) is 2.55. The van der Waals surface area contributed by atoms with E-state index in [1.807, 2.05) is 0 Å². The molecule has 0 spiro atoms. The Morgan fingerprint density at radius 2 is 1.92 bits per heavy atom. The maximum absolute atomic E-state index is 12.7. The highest BCUT2D eigenvalue weighted by molar-refractivity contribution is 6.32. The molecule has 0 fully saturated rings. The molecule has 1 amide bonds. The van der Waals surface area contributed by atoms with Crippen LogP contribution >= 0.6 is 11.6 Å². The van der Waals surface area contributed by atoms with Crippen LogP contribution in [0.15, 0.2) is 36.4 Å². The summed E-state index contributed by atoms with van der Waals surface area (Å²) in [6.07, 6.45) is -4.59. The number of nitrogens with one attached hydrogen (secondary N) is 1. The second-order valence-corrected chi connectivity index (χ2v) is 5.45. The van der Waals surface area contributed by atoms with E-state index in [0.717, 1.165) is 24.3 Å². The highest BCUT2D eigenvalue weighted by Gasteiger charge is 2.31. The van der Waals surface area contributed by atoms with Crippen LogP contribution in [0.1, 0.15) is 22.8 Å². The van der Waals surface area contributed by atoms with Gasteiger partial charge in [0, 0.05) is 24.2 Å². The summed E-state index contributed by atoms with van der Waals surface area (Å²) in [7, 11) is 0. The van der Waals surface area contributed by atoms with Gasteiger partial charge in [-0.15, -0.1) is 0 Å². The molecule has 2 rings (SSSR count). The molecule has 0 bridgehead atoms. The van der Waals surface area contributed by atoms with Gasteiger partial charge >= 0.3 is 11.9 Å². The topological polar surface area (TPSA) is 81.5 Å². The normalized spacial score (nSPS) is 11.1. The van der Waals surface area contributed by atoms with Crippen LogP contribution in [0.5, 0.6) is 11.5 Å². The number of halogens is 4. The number of carbonyl (C=O) groups excluding carboxylic acids is 1. The summed E-state index contributed by atoms with van der Waals surface area (Å²) in [5.74, 6) is -1.01. The van der Waals surface area contributed by atoms with E-state index in [1.54, 1.807) is 6.92 Å². The van der Waals surface area contributed by atoms with Gasteiger partial charge in [0.25, 0.3) is 5.91 Å². The highest BCUT2D eigenvalue weighted by Crippen LogP contribution is 2.38. The highest BCUT2D eigenvalue weighted by atomic mass is 35.5. The first-order chi connectivity index (χ1) is 12.1. The first-order valence-electron chi connectivity index (χ1n) is 7.24. The monoisotopic (exact) mass is 388 g/mol. The zero-order chi connectivity index (χ0) is 19.5. The number of hydrogen-bond acceptors (Lipinski definition) is 4. The van der Waals surface area contributed by atoms with Crippen molar-refractivity contribution < 1.29 is 27.6 Å². The number of alkyl halides is 3. The number of carbonyl (C=O) groups is 1. The standard InChI is InChI=1S/C16H12ClF3N2O4/c1-2-21-15(23)9-3-5-12(22(24)25)14(7-9)26-13-6-4-10(8-11(13)17)16(18,19)20/h3-8H,2H2,1H3,(H,21,23). The molecular weight excluding hydrogens is 377 g/mol. The third kappa shape index (κ3) is 4.42. The van der Waals surface area contributed by atoms with Gasteiger partial charge in [0.15, 0.2) is 0 Å². The smallest absolute Gasteiger partial charge is 0.416 e. The predicted octanol–water partition coefficient (Wildman–Crippen LogP) is 4.81. The Morgan fingerprint density at radius 1 is 1.23 bits per heavy atom. The summed E-state index contributed by atoms with van der Waals surface area (Å²) < 4.78 is 43.3. The zero-order valence-corrected chi connectivity index (χ0v) is 14.0. The number of benzene rings is 2. The number of hydrogen-bond donors (Lipinski definition) is 1. The maximum Gasteiger partial charge on any atom is 0.416 e. The molecule has 0 aromatic heterocycles. The molecule has 0 heterocycles. The van der Waals surface area contributed by atoms with Crippen LogP contribution < -0.4 is 10.1 Å². The van der Waals surface area contributed by atoms with Gasteiger partial charge in [-0.1, -0.05) is 11.6 Å². The van der Waals surface area contributed by atoms with E-state index < -0.39 is 28.3 Å². The van der Waals surface area contributed by atoms with Crippen molar-refractivity contribution in [2.24, 2.45) is 0 Å². The quantitative estimate of drug-likeness (QED) is 0.588.